The predicted octanol–water partition coefficient (Wildman–Crippen LogP) is 3.38. The molecule has 25 heavy (non-hydrogen) atoms. The first kappa shape index (κ1) is 24.2. The summed E-state index contributed by atoms with van der Waals surface area (Å²) in [6.07, 6.45) is 2.85. The summed E-state index contributed by atoms with van der Waals surface area (Å²) in [6, 6.07) is 9.04. The Balaban J connectivity index is 0.00000288. The zero-order valence-electron chi connectivity index (χ0n) is 15.6. The molecule has 1 unspecified atom stereocenters. The number of nitrogens with zero attached hydrogens (tertiary/aromatic N) is 1. The van der Waals surface area contributed by atoms with E-state index in [0.29, 0.717) is 24.9 Å². The van der Waals surface area contributed by atoms with E-state index in [4.69, 9.17) is 0 Å². The van der Waals surface area contributed by atoms with Crippen molar-refractivity contribution in [3.63, 3.8) is 0 Å². The minimum Gasteiger partial charge on any atom is -0.352 e. The summed E-state index contributed by atoms with van der Waals surface area (Å²) in [7, 11) is 2.14. The number of benzene rings is 1. The summed E-state index contributed by atoms with van der Waals surface area (Å²) in [4.78, 5) is 14.3. The molecule has 1 aliphatic rings. The van der Waals surface area contributed by atoms with Gasteiger partial charge in [0.05, 0.1) is 0 Å². The van der Waals surface area contributed by atoms with Gasteiger partial charge in [-0.15, -0.1) is 24.8 Å². The van der Waals surface area contributed by atoms with E-state index in [-0.39, 0.29) is 30.7 Å². The number of carbonyl (C=O) groups excluding carboxylic acids is 1. The highest BCUT2D eigenvalue weighted by Gasteiger charge is 2.15. The van der Waals surface area contributed by atoms with E-state index >= 15 is 0 Å². The normalized spacial score (nSPS) is 16.4. The number of rotatable bonds is 8. The van der Waals surface area contributed by atoms with Gasteiger partial charge in [-0.05, 0) is 63.9 Å². The highest BCUT2D eigenvalue weighted by Crippen LogP contribution is 2.14. The van der Waals surface area contributed by atoms with Crippen molar-refractivity contribution in [2.75, 3.05) is 20.1 Å². The Morgan fingerprint density at radius 1 is 1.32 bits per heavy atom. The van der Waals surface area contributed by atoms with Crippen molar-refractivity contribution in [2.45, 2.75) is 52.2 Å². The molecule has 0 bridgehead atoms. The van der Waals surface area contributed by atoms with Gasteiger partial charge in [-0.3, -0.25) is 9.69 Å². The van der Waals surface area contributed by atoms with Crippen LogP contribution >= 0.6 is 24.8 Å². The van der Waals surface area contributed by atoms with Crippen molar-refractivity contribution < 1.29 is 4.79 Å². The second-order valence-electron chi connectivity index (χ2n) is 7.00. The molecule has 1 aromatic rings. The maximum atomic E-state index is 12.0. The molecule has 1 fully saturated rings. The molecule has 1 atom stereocenters. The van der Waals surface area contributed by atoms with Gasteiger partial charge in [0.15, 0.2) is 0 Å². The Morgan fingerprint density at radius 2 is 2.04 bits per heavy atom. The van der Waals surface area contributed by atoms with Gasteiger partial charge in [-0.2, -0.15) is 0 Å². The van der Waals surface area contributed by atoms with Gasteiger partial charge >= 0.3 is 0 Å². The fourth-order valence-corrected chi connectivity index (χ4v) is 2.89. The third kappa shape index (κ3) is 8.91. The molecule has 1 aliphatic heterocycles. The van der Waals surface area contributed by atoms with Crippen LogP contribution in [0.3, 0.4) is 0 Å². The fraction of sp³-hybridized carbons (Fsp3) is 0.632. The molecule has 0 aliphatic carbocycles. The van der Waals surface area contributed by atoms with E-state index in [1.165, 1.54) is 17.5 Å². The average Bonchev–Trinajstić information content (AvgIpc) is 3.04. The van der Waals surface area contributed by atoms with Gasteiger partial charge < -0.3 is 10.6 Å². The molecule has 0 aromatic heterocycles. The summed E-state index contributed by atoms with van der Waals surface area (Å²) in [5, 5.41) is 6.40. The van der Waals surface area contributed by atoms with Crippen LogP contribution in [0.15, 0.2) is 24.3 Å². The van der Waals surface area contributed by atoms with Crippen LogP contribution in [0.2, 0.25) is 0 Å². The summed E-state index contributed by atoms with van der Waals surface area (Å²) in [6.45, 7) is 8.13. The van der Waals surface area contributed by atoms with Gasteiger partial charge in [0.1, 0.15) is 0 Å². The quantitative estimate of drug-likeness (QED) is 0.715. The van der Waals surface area contributed by atoms with Crippen molar-refractivity contribution >= 4 is 30.7 Å². The highest BCUT2D eigenvalue weighted by molar-refractivity contribution is 5.85. The Bertz CT molecular complexity index is 505. The molecule has 1 amide bonds. The molecule has 4 nitrogen and oxygen atoms in total. The van der Waals surface area contributed by atoms with Crippen LogP contribution in [-0.4, -0.2) is 37.0 Å². The Labute approximate surface area is 164 Å². The molecule has 0 saturated carbocycles. The molecular weight excluding hydrogens is 357 g/mol. The molecule has 2 N–H and O–H groups in total. The largest absolute Gasteiger partial charge is 0.352 e. The second kappa shape index (κ2) is 12.5. The fourth-order valence-electron chi connectivity index (χ4n) is 2.89. The topological polar surface area (TPSA) is 44.4 Å². The first-order valence-corrected chi connectivity index (χ1v) is 8.80. The number of halogens is 2. The lowest BCUT2D eigenvalue weighted by molar-refractivity contribution is -0.121. The van der Waals surface area contributed by atoms with E-state index in [1.807, 2.05) is 0 Å². The monoisotopic (exact) mass is 389 g/mol. The Kier molecular flexibility index (Phi) is 12.1. The third-order valence-electron chi connectivity index (χ3n) is 4.74. The smallest absolute Gasteiger partial charge is 0.220 e. The lowest BCUT2D eigenvalue weighted by Gasteiger charge is -2.21. The number of carbonyl (C=O) groups is 1. The molecule has 1 heterocycles. The summed E-state index contributed by atoms with van der Waals surface area (Å²) in [5.41, 5.74) is 2.47. The van der Waals surface area contributed by atoms with E-state index in [1.54, 1.807) is 0 Å². The van der Waals surface area contributed by atoms with Crippen molar-refractivity contribution in [3.8, 4) is 0 Å². The Hall–Kier alpha value is -0.810. The number of amides is 1. The summed E-state index contributed by atoms with van der Waals surface area (Å²) < 4.78 is 0. The molecule has 1 saturated heterocycles. The first-order valence-electron chi connectivity index (χ1n) is 8.80. The molecule has 1 aromatic carbocycles. The van der Waals surface area contributed by atoms with E-state index in [0.717, 1.165) is 26.1 Å². The van der Waals surface area contributed by atoms with Crippen LogP contribution in [0, 0.1) is 5.92 Å². The zero-order valence-corrected chi connectivity index (χ0v) is 17.2. The van der Waals surface area contributed by atoms with Crippen LogP contribution < -0.4 is 10.6 Å². The number of hydrogen-bond acceptors (Lipinski definition) is 3. The molecule has 6 heteroatoms. The van der Waals surface area contributed by atoms with Crippen LogP contribution in [0.25, 0.3) is 0 Å². The third-order valence-corrected chi connectivity index (χ3v) is 4.74. The maximum Gasteiger partial charge on any atom is 0.220 e. The van der Waals surface area contributed by atoms with Crippen LogP contribution in [0.4, 0.5) is 0 Å². The van der Waals surface area contributed by atoms with Gasteiger partial charge in [0.2, 0.25) is 5.91 Å². The maximum absolute atomic E-state index is 12.0. The van der Waals surface area contributed by atoms with Gasteiger partial charge in [-0.25, -0.2) is 0 Å². The zero-order chi connectivity index (χ0) is 16.7. The van der Waals surface area contributed by atoms with E-state index in [9.17, 15) is 4.79 Å². The van der Waals surface area contributed by atoms with Gasteiger partial charge in [-0.1, -0.05) is 24.3 Å². The second-order valence-corrected chi connectivity index (χ2v) is 7.00. The van der Waals surface area contributed by atoms with Crippen LogP contribution in [-0.2, 0) is 17.9 Å². The standard InChI is InChI=1S/C19H31N3O.2ClH/c1-15(2)22(3)14-18-6-4-5-17(11-18)13-21-19(23)8-7-16-9-10-20-12-16;;/h4-6,11,15-16,20H,7-10,12-14H2,1-3H3,(H,21,23);2*1H. The van der Waals surface area contributed by atoms with Crippen molar-refractivity contribution in [1.82, 2.24) is 15.5 Å². The van der Waals surface area contributed by atoms with E-state index < -0.39 is 0 Å². The summed E-state index contributed by atoms with van der Waals surface area (Å²) >= 11 is 0. The minimum absolute atomic E-state index is 0. The molecule has 2 rings (SSSR count). The van der Waals surface area contributed by atoms with Gasteiger partial charge in [0, 0.05) is 25.6 Å². The summed E-state index contributed by atoms with van der Waals surface area (Å²) in [5.74, 6) is 0.845. The lowest BCUT2D eigenvalue weighted by Crippen LogP contribution is -2.26. The molecule has 0 spiro atoms. The average molecular weight is 390 g/mol. The van der Waals surface area contributed by atoms with Crippen molar-refractivity contribution in [2.24, 2.45) is 5.92 Å². The van der Waals surface area contributed by atoms with Gasteiger partial charge in [0.25, 0.3) is 0 Å². The van der Waals surface area contributed by atoms with Crippen molar-refractivity contribution in [1.29, 1.82) is 0 Å². The molecular formula is C19H33Cl2N3O. The first-order chi connectivity index (χ1) is 11.0. The van der Waals surface area contributed by atoms with Crippen molar-refractivity contribution in [3.05, 3.63) is 35.4 Å². The number of nitrogens with one attached hydrogen (secondary N) is 2. The molecule has 144 valence electrons. The van der Waals surface area contributed by atoms with Crippen LogP contribution in [0.5, 0.6) is 0 Å². The SMILES string of the molecule is CC(C)N(C)Cc1cccc(CNC(=O)CCC2CCNC2)c1.Cl.Cl. The lowest BCUT2D eigenvalue weighted by atomic mass is 10.0. The number of hydrogen-bond donors (Lipinski definition) is 2. The Morgan fingerprint density at radius 3 is 2.68 bits per heavy atom. The van der Waals surface area contributed by atoms with E-state index in [2.05, 4.69) is 60.7 Å². The minimum atomic E-state index is 0. The highest BCUT2D eigenvalue weighted by atomic mass is 35.5. The predicted molar refractivity (Wildman–Crippen MR) is 110 cm³/mol. The molecule has 0 radical (unpaired) electrons. The van der Waals surface area contributed by atoms with Crippen LogP contribution in [0.1, 0.15) is 44.2 Å².